The number of hydrogen-bond acceptors (Lipinski definition) is 2. The Balaban J connectivity index is 5.38. The van der Waals surface area contributed by atoms with Gasteiger partial charge in [-0.3, -0.25) is 0 Å². The summed E-state index contributed by atoms with van der Waals surface area (Å²) in [5.41, 5.74) is 43.9. The van der Waals surface area contributed by atoms with Gasteiger partial charge in [0.25, 0.3) is 0 Å². The zero-order valence-electron chi connectivity index (χ0n) is 11.1. The Labute approximate surface area is 118 Å². The molecule has 20 heavy (non-hydrogen) atoms. The molecule has 2 heteroatoms. The minimum absolute atomic E-state index is 0.137. The van der Waals surface area contributed by atoms with Crippen LogP contribution in [0.15, 0.2) is 87.2 Å². The highest BCUT2D eigenvalue weighted by Crippen LogP contribution is 1.84. The molecular weight excluding hydrogens is 244 g/mol. The molecule has 0 aromatic carbocycles. The molecule has 0 saturated heterocycles. The Hall–Kier alpha value is -3.20. The van der Waals surface area contributed by atoms with Crippen LogP contribution >= 0.6 is 0 Å². The van der Waals surface area contributed by atoms with Crippen LogP contribution in [0.3, 0.4) is 0 Å². The SMILES string of the molecule is C=C=C=C=C=C=C=C=C=C=C=C=C=C=C[C@@H](N)[C@H](C)N. The third-order valence-electron chi connectivity index (χ3n) is 1.67. The summed E-state index contributed by atoms with van der Waals surface area (Å²) in [7, 11) is 0. The fourth-order valence-corrected chi connectivity index (χ4v) is 0.651. The van der Waals surface area contributed by atoms with Gasteiger partial charge in [0.05, 0.1) is 0 Å². The molecule has 2 atom stereocenters. The monoisotopic (exact) mass is 256 g/mol. The van der Waals surface area contributed by atoms with E-state index in [0.29, 0.717) is 0 Å². The van der Waals surface area contributed by atoms with Crippen molar-refractivity contribution in [3.63, 3.8) is 0 Å². The Morgan fingerprint density at radius 1 is 0.750 bits per heavy atom. The molecule has 0 aliphatic rings. The van der Waals surface area contributed by atoms with E-state index in [1.165, 1.54) is 0 Å². The van der Waals surface area contributed by atoms with Crippen LogP contribution in [0.4, 0.5) is 0 Å². The number of nitrogens with two attached hydrogens (primary N) is 2. The predicted molar refractivity (Wildman–Crippen MR) is 77.5 cm³/mol. The van der Waals surface area contributed by atoms with Crippen LogP contribution in [-0.2, 0) is 0 Å². The Kier molecular flexibility index (Phi) is 10.3. The van der Waals surface area contributed by atoms with Gasteiger partial charge in [-0.05, 0) is 82.6 Å². The first-order valence-corrected chi connectivity index (χ1v) is 5.55. The van der Waals surface area contributed by atoms with E-state index in [-0.39, 0.29) is 12.1 Å². The average Bonchev–Trinajstić information content (AvgIpc) is 2.43. The second-order valence-corrected chi connectivity index (χ2v) is 3.30. The molecule has 0 aliphatic heterocycles. The summed E-state index contributed by atoms with van der Waals surface area (Å²) in [5, 5.41) is 0. The summed E-state index contributed by atoms with van der Waals surface area (Å²) in [6.45, 7) is 5.11. The number of rotatable bonds is 2. The van der Waals surface area contributed by atoms with Crippen molar-refractivity contribution < 1.29 is 0 Å². The lowest BCUT2D eigenvalue weighted by molar-refractivity contribution is 0.651. The van der Waals surface area contributed by atoms with Crippen LogP contribution in [-0.4, -0.2) is 12.1 Å². The van der Waals surface area contributed by atoms with E-state index in [1.807, 2.05) is 6.92 Å². The van der Waals surface area contributed by atoms with Gasteiger partial charge >= 0.3 is 0 Å². The highest BCUT2D eigenvalue weighted by molar-refractivity contribution is 4.97. The van der Waals surface area contributed by atoms with E-state index < -0.39 is 0 Å². The first-order valence-electron chi connectivity index (χ1n) is 5.55. The fourth-order valence-electron chi connectivity index (χ4n) is 0.651. The molecule has 0 aromatic rings. The van der Waals surface area contributed by atoms with Gasteiger partial charge in [0.1, 0.15) is 0 Å². The Bertz CT molecular complexity index is 820. The first-order chi connectivity index (χ1) is 9.68. The smallest absolute Gasteiger partial charge is 0.0457 e. The van der Waals surface area contributed by atoms with Gasteiger partial charge in [0.15, 0.2) is 0 Å². The molecule has 94 valence electrons. The zero-order valence-corrected chi connectivity index (χ0v) is 11.1. The normalized spacial score (nSPS) is 8.95. The van der Waals surface area contributed by atoms with Crippen molar-refractivity contribution in [3.05, 3.63) is 87.2 Å². The van der Waals surface area contributed by atoms with E-state index in [2.05, 4.69) is 81.1 Å². The van der Waals surface area contributed by atoms with Gasteiger partial charge in [0, 0.05) is 12.1 Å². The van der Waals surface area contributed by atoms with Crippen molar-refractivity contribution in [2.24, 2.45) is 11.5 Å². The minimum atomic E-state index is -0.262. The predicted octanol–water partition coefficient (Wildman–Crippen LogP) is 1.86. The fraction of sp³-hybridized carbons (Fsp3) is 0.167. The molecule has 4 N–H and O–H groups in total. The molecule has 0 saturated carbocycles. The van der Waals surface area contributed by atoms with E-state index >= 15 is 0 Å². The van der Waals surface area contributed by atoms with Gasteiger partial charge in [-0.15, -0.1) is 0 Å². The standard InChI is InChI=1S/C18H12N2/c1-3-4-5-6-7-8-9-10-11-12-13-14-15-16-18(20)17(2)19/h16-18H,1,19-20H2,2H3/t17-,18+/m0/s1. The maximum absolute atomic E-state index is 5.65. The van der Waals surface area contributed by atoms with Gasteiger partial charge in [-0.2, -0.15) is 0 Å². The third kappa shape index (κ3) is 11.3. The maximum Gasteiger partial charge on any atom is 0.0457 e. The minimum Gasteiger partial charge on any atom is -0.326 e. The summed E-state index contributed by atoms with van der Waals surface area (Å²) in [6, 6.07) is -0.399. The van der Waals surface area contributed by atoms with Crippen molar-refractivity contribution >= 4 is 0 Å². The third-order valence-corrected chi connectivity index (χ3v) is 1.67. The van der Waals surface area contributed by atoms with E-state index in [1.54, 1.807) is 6.08 Å². The highest BCUT2D eigenvalue weighted by Gasteiger charge is 2.00. The van der Waals surface area contributed by atoms with E-state index in [4.69, 9.17) is 11.5 Å². The van der Waals surface area contributed by atoms with Crippen molar-refractivity contribution in [1.82, 2.24) is 0 Å². The van der Waals surface area contributed by atoms with Gasteiger partial charge < -0.3 is 11.5 Å². The lowest BCUT2D eigenvalue weighted by Gasteiger charge is -2.07. The summed E-state index contributed by atoms with van der Waals surface area (Å²) < 4.78 is 0. The summed E-state index contributed by atoms with van der Waals surface area (Å²) in [6.07, 6.45) is 1.60. The van der Waals surface area contributed by atoms with E-state index in [9.17, 15) is 0 Å². The Morgan fingerprint density at radius 3 is 1.55 bits per heavy atom. The number of hydrogen-bond donors (Lipinski definition) is 2. The average molecular weight is 256 g/mol. The van der Waals surface area contributed by atoms with Gasteiger partial charge in [-0.25, -0.2) is 0 Å². The molecule has 0 bridgehead atoms. The lowest BCUT2D eigenvalue weighted by Crippen LogP contribution is -2.36. The first kappa shape index (κ1) is 16.8. The van der Waals surface area contributed by atoms with Crippen molar-refractivity contribution in [2.75, 3.05) is 0 Å². The summed E-state index contributed by atoms with van der Waals surface area (Å²) in [4.78, 5) is 0. The largest absolute Gasteiger partial charge is 0.326 e. The molecule has 0 aliphatic carbocycles. The molecule has 0 amide bonds. The molecule has 0 unspecified atom stereocenters. The van der Waals surface area contributed by atoms with Crippen LogP contribution < -0.4 is 11.5 Å². The molecule has 2 nitrogen and oxygen atoms in total. The van der Waals surface area contributed by atoms with Crippen LogP contribution in [0.25, 0.3) is 0 Å². The van der Waals surface area contributed by atoms with E-state index in [0.717, 1.165) is 0 Å². The highest BCUT2D eigenvalue weighted by atomic mass is 14.7. The second kappa shape index (κ2) is 12.3. The van der Waals surface area contributed by atoms with Crippen LogP contribution in [0.5, 0.6) is 0 Å². The molecule has 0 rings (SSSR count). The van der Waals surface area contributed by atoms with Crippen LogP contribution in [0, 0.1) is 0 Å². The maximum atomic E-state index is 5.65. The quantitative estimate of drug-likeness (QED) is 0.741. The molecule has 0 radical (unpaired) electrons. The molecule has 0 fully saturated rings. The molecule has 0 heterocycles. The van der Waals surface area contributed by atoms with Crippen molar-refractivity contribution in [3.8, 4) is 0 Å². The summed E-state index contributed by atoms with van der Waals surface area (Å²) in [5.74, 6) is 0. The molecule has 0 spiro atoms. The van der Waals surface area contributed by atoms with Gasteiger partial charge in [0.2, 0.25) is 0 Å². The Morgan fingerprint density at radius 2 is 1.15 bits per heavy atom. The van der Waals surface area contributed by atoms with Crippen molar-refractivity contribution in [2.45, 2.75) is 19.0 Å². The zero-order chi connectivity index (χ0) is 15.1. The van der Waals surface area contributed by atoms with Crippen molar-refractivity contribution in [1.29, 1.82) is 0 Å². The van der Waals surface area contributed by atoms with Crippen LogP contribution in [0.1, 0.15) is 6.92 Å². The lowest BCUT2D eigenvalue weighted by atomic mass is 10.2. The topological polar surface area (TPSA) is 52.0 Å². The molecule has 0 aromatic heterocycles. The summed E-state index contributed by atoms with van der Waals surface area (Å²) >= 11 is 0. The van der Waals surface area contributed by atoms with Crippen LogP contribution in [0.2, 0.25) is 0 Å². The second-order valence-electron chi connectivity index (χ2n) is 3.30. The van der Waals surface area contributed by atoms with Gasteiger partial charge in [-0.1, -0.05) is 11.5 Å². The molecular formula is C18H12N2.